The van der Waals surface area contributed by atoms with Gasteiger partial charge in [0.25, 0.3) is 5.91 Å². The molecule has 144 valence electrons. The fourth-order valence-corrected chi connectivity index (χ4v) is 3.23. The topological polar surface area (TPSA) is 79.7 Å². The monoisotopic (exact) mass is 378 g/mol. The predicted molar refractivity (Wildman–Crippen MR) is 105 cm³/mol. The highest BCUT2D eigenvalue weighted by atomic mass is 16.5. The van der Waals surface area contributed by atoms with Gasteiger partial charge in [0.2, 0.25) is 0 Å². The summed E-state index contributed by atoms with van der Waals surface area (Å²) in [6.45, 7) is 0.830. The number of ketones is 1. The third kappa shape index (κ3) is 4.18. The number of allylic oxidation sites excluding steroid dienone is 1. The first kappa shape index (κ1) is 19.5. The molecule has 1 atom stereocenters. The Morgan fingerprint density at radius 2 is 2.04 bits per heavy atom. The minimum absolute atomic E-state index is 0.0718. The molecule has 1 aromatic heterocycles. The quantitative estimate of drug-likeness (QED) is 0.564. The van der Waals surface area contributed by atoms with Crippen molar-refractivity contribution in [2.75, 3.05) is 20.3 Å². The van der Waals surface area contributed by atoms with Gasteiger partial charge >= 0.3 is 0 Å². The number of carbonyl (C=O) groups is 2. The van der Waals surface area contributed by atoms with Crippen LogP contribution in [0.1, 0.15) is 23.6 Å². The van der Waals surface area contributed by atoms with Crippen molar-refractivity contribution in [2.24, 2.45) is 0 Å². The summed E-state index contributed by atoms with van der Waals surface area (Å²) in [5.41, 5.74) is 1.60. The summed E-state index contributed by atoms with van der Waals surface area (Å²) >= 11 is 0. The van der Waals surface area contributed by atoms with E-state index in [1.54, 1.807) is 37.7 Å². The molecule has 28 heavy (non-hydrogen) atoms. The minimum Gasteiger partial charge on any atom is -0.503 e. The SMILES string of the molecule is COCCCN1C(=O)C(O)=C(C(=O)/C=C/c2ccccc2)C1c1cccnc1. The molecule has 2 aromatic rings. The number of hydrogen-bond donors (Lipinski definition) is 1. The van der Waals surface area contributed by atoms with Crippen LogP contribution in [0.4, 0.5) is 0 Å². The van der Waals surface area contributed by atoms with Gasteiger partial charge in [0.15, 0.2) is 11.5 Å². The number of rotatable bonds is 8. The van der Waals surface area contributed by atoms with Crippen LogP contribution in [0.15, 0.2) is 72.3 Å². The lowest BCUT2D eigenvalue weighted by atomic mass is 9.96. The van der Waals surface area contributed by atoms with Crippen LogP contribution in [0.2, 0.25) is 0 Å². The van der Waals surface area contributed by atoms with Gasteiger partial charge in [-0.25, -0.2) is 0 Å². The highest BCUT2D eigenvalue weighted by molar-refractivity contribution is 6.14. The highest BCUT2D eigenvalue weighted by Crippen LogP contribution is 2.37. The van der Waals surface area contributed by atoms with E-state index < -0.39 is 23.5 Å². The lowest BCUT2D eigenvalue weighted by Crippen LogP contribution is -2.32. The minimum atomic E-state index is -0.675. The molecule has 1 N–H and O–H groups in total. The molecule has 1 unspecified atom stereocenters. The average Bonchev–Trinajstić information content (AvgIpc) is 2.98. The second-order valence-electron chi connectivity index (χ2n) is 6.40. The maximum atomic E-state index is 12.9. The lowest BCUT2D eigenvalue weighted by molar-refractivity contribution is -0.129. The number of aromatic nitrogens is 1. The Kier molecular flexibility index (Phi) is 6.34. The van der Waals surface area contributed by atoms with Gasteiger partial charge in [-0.15, -0.1) is 0 Å². The van der Waals surface area contributed by atoms with Gasteiger partial charge < -0.3 is 14.7 Å². The van der Waals surface area contributed by atoms with E-state index in [1.807, 2.05) is 30.3 Å². The average molecular weight is 378 g/mol. The predicted octanol–water partition coefficient (Wildman–Crippen LogP) is 3.10. The Hall–Kier alpha value is -3.25. The Morgan fingerprint density at radius 1 is 1.25 bits per heavy atom. The third-order valence-electron chi connectivity index (χ3n) is 4.54. The van der Waals surface area contributed by atoms with Crippen LogP contribution in [0.25, 0.3) is 6.08 Å². The fraction of sp³-hybridized carbons (Fsp3) is 0.227. The number of ether oxygens (including phenoxy) is 1. The summed E-state index contributed by atoms with van der Waals surface area (Å²) in [6, 6.07) is 12.2. The lowest BCUT2D eigenvalue weighted by Gasteiger charge is -2.26. The van der Waals surface area contributed by atoms with E-state index in [9.17, 15) is 14.7 Å². The Morgan fingerprint density at radius 3 is 2.71 bits per heavy atom. The third-order valence-corrected chi connectivity index (χ3v) is 4.54. The van der Waals surface area contributed by atoms with Crippen LogP contribution >= 0.6 is 0 Å². The van der Waals surface area contributed by atoms with Gasteiger partial charge in [-0.3, -0.25) is 14.6 Å². The molecule has 6 nitrogen and oxygen atoms in total. The maximum Gasteiger partial charge on any atom is 0.290 e. The molecule has 0 spiro atoms. The van der Waals surface area contributed by atoms with E-state index >= 15 is 0 Å². The molecule has 3 rings (SSSR count). The number of benzene rings is 1. The van der Waals surface area contributed by atoms with Gasteiger partial charge in [0, 0.05) is 32.7 Å². The molecule has 0 saturated carbocycles. The number of aliphatic hydroxyl groups is 1. The fourth-order valence-electron chi connectivity index (χ4n) is 3.23. The van der Waals surface area contributed by atoms with Crippen LogP contribution in [0.3, 0.4) is 0 Å². The van der Waals surface area contributed by atoms with Crippen molar-refractivity contribution in [1.82, 2.24) is 9.88 Å². The van der Waals surface area contributed by atoms with E-state index in [0.29, 0.717) is 25.1 Å². The Labute approximate surface area is 163 Å². The Bertz CT molecular complexity index is 891. The molecule has 1 aliphatic rings. The molecule has 0 bridgehead atoms. The van der Waals surface area contributed by atoms with Crippen molar-refractivity contribution < 1.29 is 19.4 Å². The first-order chi connectivity index (χ1) is 13.6. The second-order valence-corrected chi connectivity index (χ2v) is 6.40. The number of aliphatic hydroxyl groups excluding tert-OH is 1. The van der Waals surface area contributed by atoms with Crippen LogP contribution < -0.4 is 0 Å². The summed E-state index contributed by atoms with van der Waals surface area (Å²) < 4.78 is 5.06. The van der Waals surface area contributed by atoms with Crippen molar-refractivity contribution in [3.8, 4) is 0 Å². The molecule has 0 aliphatic carbocycles. The first-order valence-electron chi connectivity index (χ1n) is 9.04. The molecule has 1 aromatic carbocycles. The van der Waals surface area contributed by atoms with Crippen LogP contribution in [0.5, 0.6) is 0 Å². The van der Waals surface area contributed by atoms with Crippen molar-refractivity contribution in [2.45, 2.75) is 12.5 Å². The summed E-state index contributed by atoms with van der Waals surface area (Å²) in [4.78, 5) is 31.2. The molecule has 1 aliphatic heterocycles. The normalized spacial score (nSPS) is 17.0. The number of methoxy groups -OCH3 is 1. The molecule has 0 radical (unpaired) electrons. The molecular formula is C22H22N2O4. The van der Waals surface area contributed by atoms with Crippen molar-refractivity contribution in [3.63, 3.8) is 0 Å². The van der Waals surface area contributed by atoms with E-state index in [2.05, 4.69) is 4.98 Å². The van der Waals surface area contributed by atoms with Gasteiger partial charge in [0.1, 0.15) is 0 Å². The zero-order valence-electron chi connectivity index (χ0n) is 15.6. The van der Waals surface area contributed by atoms with Crippen LogP contribution in [-0.2, 0) is 14.3 Å². The molecule has 2 heterocycles. The van der Waals surface area contributed by atoms with E-state index in [-0.39, 0.29) is 5.57 Å². The van der Waals surface area contributed by atoms with E-state index in [0.717, 1.165) is 5.56 Å². The molecule has 0 saturated heterocycles. The summed E-state index contributed by atoms with van der Waals surface area (Å²) in [5, 5.41) is 10.5. The van der Waals surface area contributed by atoms with Gasteiger partial charge in [-0.1, -0.05) is 42.5 Å². The summed E-state index contributed by atoms with van der Waals surface area (Å²) in [7, 11) is 1.59. The molecular weight excluding hydrogens is 356 g/mol. The second kappa shape index (κ2) is 9.10. The largest absolute Gasteiger partial charge is 0.503 e. The number of pyridine rings is 1. The first-order valence-corrected chi connectivity index (χ1v) is 9.04. The summed E-state index contributed by atoms with van der Waals surface area (Å²) in [5.74, 6) is -1.46. The standard InChI is InChI=1S/C22H22N2O4/c1-28-14-6-13-24-20(17-9-5-12-23-15-17)19(21(26)22(24)27)18(25)11-10-16-7-3-2-4-8-16/h2-5,7-12,15,20,26H,6,13-14H2,1H3/b11-10+. The zero-order valence-corrected chi connectivity index (χ0v) is 15.6. The summed E-state index contributed by atoms with van der Waals surface area (Å²) in [6.07, 6.45) is 6.87. The number of amides is 1. The van der Waals surface area contributed by atoms with Gasteiger partial charge in [-0.05, 0) is 29.7 Å². The van der Waals surface area contributed by atoms with Crippen molar-refractivity contribution >= 4 is 17.8 Å². The van der Waals surface area contributed by atoms with Crippen LogP contribution in [-0.4, -0.2) is 46.9 Å². The highest BCUT2D eigenvalue weighted by Gasteiger charge is 2.42. The molecule has 1 amide bonds. The number of nitrogens with zero attached hydrogens (tertiary/aromatic N) is 2. The van der Waals surface area contributed by atoms with Crippen molar-refractivity contribution in [3.05, 3.63) is 83.4 Å². The Balaban J connectivity index is 1.93. The molecule has 6 heteroatoms. The van der Waals surface area contributed by atoms with E-state index in [4.69, 9.17) is 4.74 Å². The van der Waals surface area contributed by atoms with Crippen LogP contribution in [0, 0.1) is 0 Å². The smallest absolute Gasteiger partial charge is 0.290 e. The van der Waals surface area contributed by atoms with E-state index in [1.165, 1.54) is 11.0 Å². The van der Waals surface area contributed by atoms with Crippen molar-refractivity contribution in [1.29, 1.82) is 0 Å². The van der Waals surface area contributed by atoms with Gasteiger partial charge in [-0.2, -0.15) is 0 Å². The maximum absolute atomic E-state index is 12.9. The number of hydrogen-bond acceptors (Lipinski definition) is 5. The number of carbonyl (C=O) groups excluding carboxylic acids is 2. The zero-order chi connectivity index (χ0) is 19.9. The van der Waals surface area contributed by atoms with Gasteiger partial charge in [0.05, 0.1) is 11.6 Å². The molecule has 0 fully saturated rings.